The third-order valence-corrected chi connectivity index (χ3v) is 5.58. The molecule has 1 aliphatic carbocycles. The third-order valence-electron chi connectivity index (χ3n) is 2.47. The van der Waals surface area contributed by atoms with Crippen LogP contribution in [-0.2, 0) is 10.8 Å². The van der Waals surface area contributed by atoms with Gasteiger partial charge in [0.15, 0.2) is 0 Å². The third kappa shape index (κ3) is 1.85. The van der Waals surface area contributed by atoms with Crippen LogP contribution in [0.1, 0.15) is 19.3 Å². The van der Waals surface area contributed by atoms with Gasteiger partial charge in [-0.2, -0.15) is 0 Å². The smallest absolute Gasteiger partial charge is 0.0914 e. The van der Waals surface area contributed by atoms with E-state index in [1.54, 1.807) is 11.3 Å². The van der Waals surface area contributed by atoms with Crippen LogP contribution in [0.5, 0.6) is 0 Å². The maximum absolute atomic E-state index is 12.0. The summed E-state index contributed by atoms with van der Waals surface area (Å²) >= 11 is 1.56. The minimum absolute atomic E-state index is 0.142. The fraction of sp³-hybridized carbons (Fsp3) is 0.556. The van der Waals surface area contributed by atoms with Gasteiger partial charge < -0.3 is 5.73 Å². The van der Waals surface area contributed by atoms with Gasteiger partial charge in [0.1, 0.15) is 0 Å². The largest absolute Gasteiger partial charge is 0.327 e. The quantitative estimate of drug-likeness (QED) is 0.816. The molecule has 2 N–H and O–H groups in total. The second-order valence-electron chi connectivity index (χ2n) is 3.36. The van der Waals surface area contributed by atoms with Crippen molar-refractivity contribution in [3.63, 3.8) is 0 Å². The summed E-state index contributed by atoms with van der Waals surface area (Å²) < 4.78 is 12.9. The molecule has 3 atom stereocenters. The molecule has 1 aromatic rings. The molecule has 1 aromatic heterocycles. The maximum atomic E-state index is 12.0. The van der Waals surface area contributed by atoms with E-state index in [1.165, 1.54) is 0 Å². The second kappa shape index (κ2) is 3.90. The van der Waals surface area contributed by atoms with Crippen LogP contribution in [0.25, 0.3) is 0 Å². The van der Waals surface area contributed by atoms with Crippen molar-refractivity contribution in [2.75, 3.05) is 0 Å². The highest BCUT2D eigenvalue weighted by Crippen LogP contribution is 2.27. The fourth-order valence-corrected chi connectivity index (χ4v) is 4.46. The summed E-state index contributed by atoms with van der Waals surface area (Å²) in [4.78, 5) is 0. The first-order chi connectivity index (χ1) is 6.29. The van der Waals surface area contributed by atoms with Crippen molar-refractivity contribution in [2.24, 2.45) is 5.73 Å². The number of hydrogen-bond donors (Lipinski definition) is 1. The van der Waals surface area contributed by atoms with Crippen LogP contribution >= 0.6 is 11.3 Å². The van der Waals surface area contributed by atoms with Crippen LogP contribution in [0.15, 0.2) is 21.7 Å². The first-order valence-electron chi connectivity index (χ1n) is 4.48. The summed E-state index contributed by atoms with van der Waals surface area (Å²) in [6.07, 6.45) is 3.18. The van der Waals surface area contributed by atoms with Crippen LogP contribution in [0, 0.1) is 0 Å². The van der Waals surface area contributed by atoms with Crippen molar-refractivity contribution in [3.8, 4) is 0 Å². The molecule has 4 heteroatoms. The lowest BCUT2D eigenvalue weighted by Crippen LogP contribution is -2.32. The number of thiophene rings is 1. The molecule has 2 rings (SSSR count). The maximum Gasteiger partial charge on any atom is 0.0914 e. The molecule has 0 spiro atoms. The molecule has 0 radical (unpaired) electrons. The number of nitrogens with two attached hydrogens (primary N) is 1. The number of rotatable bonds is 2. The van der Waals surface area contributed by atoms with Crippen LogP contribution in [0.4, 0.5) is 0 Å². The van der Waals surface area contributed by atoms with Crippen molar-refractivity contribution in [1.29, 1.82) is 0 Å². The highest BCUT2D eigenvalue weighted by Gasteiger charge is 2.30. The Morgan fingerprint density at radius 1 is 1.54 bits per heavy atom. The average Bonchev–Trinajstić information content (AvgIpc) is 2.72. The monoisotopic (exact) mass is 215 g/mol. The van der Waals surface area contributed by atoms with E-state index in [9.17, 15) is 4.21 Å². The van der Waals surface area contributed by atoms with Gasteiger partial charge in [0, 0.05) is 6.04 Å². The molecule has 13 heavy (non-hydrogen) atoms. The normalized spacial score (nSPS) is 30.5. The highest BCUT2D eigenvalue weighted by molar-refractivity contribution is 7.88. The summed E-state index contributed by atoms with van der Waals surface area (Å²) in [5, 5.41) is 2.16. The Morgan fingerprint density at radius 2 is 2.38 bits per heavy atom. The molecule has 0 bridgehead atoms. The van der Waals surface area contributed by atoms with E-state index in [0.29, 0.717) is 0 Å². The van der Waals surface area contributed by atoms with Gasteiger partial charge in [-0.3, -0.25) is 4.21 Å². The van der Waals surface area contributed by atoms with E-state index in [4.69, 9.17) is 5.73 Å². The van der Waals surface area contributed by atoms with Crippen LogP contribution in [0.3, 0.4) is 0 Å². The lowest BCUT2D eigenvalue weighted by molar-refractivity contribution is 0.650. The van der Waals surface area contributed by atoms with Gasteiger partial charge in [0.05, 0.1) is 20.3 Å². The Kier molecular flexibility index (Phi) is 2.81. The highest BCUT2D eigenvalue weighted by atomic mass is 32.2. The first kappa shape index (κ1) is 9.37. The zero-order chi connectivity index (χ0) is 9.26. The van der Waals surface area contributed by atoms with Crippen molar-refractivity contribution < 1.29 is 4.21 Å². The standard InChI is InChI=1S/C9H13NOS2/c10-7-3-1-4-8(7)13(11)9-5-2-6-12-9/h2,5-8H,1,3-4,10H2. The molecule has 72 valence electrons. The van der Waals surface area contributed by atoms with Gasteiger partial charge in [0.2, 0.25) is 0 Å². The van der Waals surface area contributed by atoms with Crippen LogP contribution in [0.2, 0.25) is 0 Å². The predicted octanol–water partition coefficient (Wildman–Crippen LogP) is 1.74. The minimum Gasteiger partial charge on any atom is -0.327 e. The summed E-state index contributed by atoms with van der Waals surface area (Å²) in [7, 11) is -0.864. The zero-order valence-electron chi connectivity index (χ0n) is 7.31. The van der Waals surface area contributed by atoms with E-state index >= 15 is 0 Å². The summed E-state index contributed by atoms with van der Waals surface area (Å²) in [5.74, 6) is 0. The molecule has 2 nitrogen and oxygen atoms in total. The SMILES string of the molecule is NC1CCCC1S(=O)c1cccs1. The molecule has 1 fully saturated rings. The molecular formula is C9H13NOS2. The molecule has 0 saturated heterocycles. The topological polar surface area (TPSA) is 43.1 Å². The van der Waals surface area contributed by atoms with Gasteiger partial charge in [0.25, 0.3) is 0 Å². The van der Waals surface area contributed by atoms with E-state index in [-0.39, 0.29) is 11.3 Å². The van der Waals surface area contributed by atoms with E-state index < -0.39 is 10.8 Å². The molecule has 0 amide bonds. The second-order valence-corrected chi connectivity index (χ2v) is 6.21. The predicted molar refractivity (Wildman–Crippen MR) is 56.3 cm³/mol. The molecule has 1 aliphatic rings. The van der Waals surface area contributed by atoms with Gasteiger partial charge >= 0.3 is 0 Å². The minimum atomic E-state index is -0.864. The van der Waals surface area contributed by atoms with Gasteiger partial charge in [-0.1, -0.05) is 12.5 Å². The van der Waals surface area contributed by atoms with E-state index in [0.717, 1.165) is 23.5 Å². The lowest BCUT2D eigenvalue weighted by atomic mass is 10.3. The summed E-state index contributed by atoms with van der Waals surface area (Å²) in [6.45, 7) is 0. The van der Waals surface area contributed by atoms with E-state index in [1.807, 2.05) is 17.5 Å². The Labute approximate surface area is 84.6 Å². The van der Waals surface area contributed by atoms with Crippen molar-refractivity contribution in [3.05, 3.63) is 17.5 Å². The lowest BCUT2D eigenvalue weighted by Gasteiger charge is -2.12. The first-order valence-corrected chi connectivity index (χ1v) is 6.58. The van der Waals surface area contributed by atoms with Crippen LogP contribution in [-0.4, -0.2) is 15.5 Å². The van der Waals surface area contributed by atoms with Crippen molar-refractivity contribution >= 4 is 22.1 Å². The Balaban J connectivity index is 2.13. The zero-order valence-corrected chi connectivity index (χ0v) is 8.94. The van der Waals surface area contributed by atoms with Crippen molar-refractivity contribution in [1.82, 2.24) is 0 Å². The number of hydrogen-bond acceptors (Lipinski definition) is 3. The molecule has 1 heterocycles. The fourth-order valence-electron chi connectivity index (χ4n) is 1.75. The van der Waals surface area contributed by atoms with E-state index in [2.05, 4.69) is 0 Å². The summed E-state index contributed by atoms with van der Waals surface area (Å²) in [6, 6.07) is 4.02. The molecule has 1 saturated carbocycles. The molecule has 0 aliphatic heterocycles. The Bertz CT molecular complexity index is 297. The molecule has 0 aromatic carbocycles. The van der Waals surface area contributed by atoms with Gasteiger partial charge in [-0.25, -0.2) is 0 Å². The average molecular weight is 215 g/mol. The molecule has 3 unspecified atom stereocenters. The summed E-state index contributed by atoms with van der Waals surface area (Å²) in [5.41, 5.74) is 5.90. The molecular weight excluding hydrogens is 202 g/mol. The Hall–Kier alpha value is -0.190. The van der Waals surface area contributed by atoms with Crippen LogP contribution < -0.4 is 5.73 Å². The van der Waals surface area contributed by atoms with Crippen molar-refractivity contribution in [2.45, 2.75) is 34.8 Å². The Morgan fingerprint density at radius 3 is 2.92 bits per heavy atom. The van der Waals surface area contributed by atoms with Gasteiger partial charge in [-0.05, 0) is 24.3 Å². The van der Waals surface area contributed by atoms with Gasteiger partial charge in [-0.15, -0.1) is 11.3 Å².